The van der Waals surface area contributed by atoms with Gasteiger partial charge >= 0.3 is 5.97 Å². The average Bonchev–Trinajstić information content (AvgIpc) is 2.63. The summed E-state index contributed by atoms with van der Waals surface area (Å²) in [7, 11) is 0. The van der Waals surface area contributed by atoms with Gasteiger partial charge in [0.1, 0.15) is 0 Å². The van der Waals surface area contributed by atoms with Crippen LogP contribution in [0, 0.1) is 23.2 Å². The highest BCUT2D eigenvalue weighted by molar-refractivity contribution is 5.79. The standard InChI is InChI=1S/C16H24O2/c1-2-3-4-8-11-16-12-9-6-5-7-10-14(16)13-18-15(16)17/h14H,2-3,5-7,9-13H2,1H3/t14-,16-/m1/s1. The molecule has 1 saturated carbocycles. The maximum Gasteiger partial charge on any atom is 0.313 e. The molecule has 0 aromatic rings. The van der Waals surface area contributed by atoms with E-state index >= 15 is 0 Å². The zero-order valence-corrected chi connectivity index (χ0v) is 11.5. The Morgan fingerprint density at radius 1 is 1.28 bits per heavy atom. The summed E-state index contributed by atoms with van der Waals surface area (Å²) >= 11 is 0. The lowest BCUT2D eigenvalue weighted by Gasteiger charge is -2.31. The van der Waals surface area contributed by atoms with Gasteiger partial charge in [0.25, 0.3) is 0 Å². The molecule has 2 fully saturated rings. The Labute approximate surface area is 110 Å². The van der Waals surface area contributed by atoms with Gasteiger partial charge in [-0.25, -0.2) is 0 Å². The second kappa shape index (κ2) is 6.27. The predicted octanol–water partition coefficient (Wildman–Crippen LogP) is 3.69. The molecule has 0 bridgehead atoms. The Morgan fingerprint density at radius 3 is 2.94 bits per heavy atom. The van der Waals surface area contributed by atoms with Crippen molar-refractivity contribution in [2.24, 2.45) is 11.3 Å². The molecule has 1 saturated heterocycles. The monoisotopic (exact) mass is 248 g/mol. The number of ether oxygens (including phenoxy) is 1. The van der Waals surface area contributed by atoms with Crippen LogP contribution in [0.1, 0.15) is 64.7 Å². The molecule has 0 radical (unpaired) electrons. The summed E-state index contributed by atoms with van der Waals surface area (Å²) in [4.78, 5) is 12.2. The summed E-state index contributed by atoms with van der Waals surface area (Å²) in [6.07, 6.45) is 9.83. The number of carbonyl (C=O) groups excluding carboxylic acids is 1. The first kappa shape index (κ1) is 13.5. The van der Waals surface area contributed by atoms with Crippen molar-refractivity contribution in [1.82, 2.24) is 0 Å². The molecule has 0 unspecified atom stereocenters. The van der Waals surface area contributed by atoms with Gasteiger partial charge in [-0.3, -0.25) is 4.79 Å². The fourth-order valence-electron chi connectivity index (χ4n) is 3.24. The van der Waals surface area contributed by atoms with Gasteiger partial charge < -0.3 is 4.74 Å². The van der Waals surface area contributed by atoms with Gasteiger partial charge in [0.05, 0.1) is 12.0 Å². The van der Waals surface area contributed by atoms with E-state index in [4.69, 9.17) is 4.74 Å². The van der Waals surface area contributed by atoms with E-state index in [0.717, 1.165) is 38.5 Å². The lowest BCUT2D eigenvalue weighted by Crippen LogP contribution is -2.34. The highest BCUT2D eigenvalue weighted by atomic mass is 16.5. The van der Waals surface area contributed by atoms with Crippen molar-refractivity contribution in [1.29, 1.82) is 0 Å². The highest BCUT2D eigenvalue weighted by Crippen LogP contribution is 2.46. The number of rotatable bonds is 2. The molecular formula is C16H24O2. The minimum atomic E-state index is -0.263. The molecule has 100 valence electrons. The van der Waals surface area contributed by atoms with Crippen LogP contribution in [0.4, 0.5) is 0 Å². The van der Waals surface area contributed by atoms with Gasteiger partial charge in [-0.2, -0.15) is 0 Å². The van der Waals surface area contributed by atoms with Gasteiger partial charge in [0.15, 0.2) is 0 Å². The number of esters is 1. The fourth-order valence-corrected chi connectivity index (χ4v) is 3.24. The van der Waals surface area contributed by atoms with Gasteiger partial charge in [0.2, 0.25) is 0 Å². The van der Waals surface area contributed by atoms with Gasteiger partial charge in [-0.15, -0.1) is 11.8 Å². The van der Waals surface area contributed by atoms with Crippen LogP contribution in [-0.2, 0) is 9.53 Å². The zero-order valence-electron chi connectivity index (χ0n) is 11.5. The van der Waals surface area contributed by atoms with Crippen molar-refractivity contribution in [2.75, 3.05) is 6.61 Å². The molecule has 18 heavy (non-hydrogen) atoms. The zero-order chi connectivity index (χ0) is 12.8. The van der Waals surface area contributed by atoms with E-state index in [0.29, 0.717) is 12.5 Å². The van der Waals surface area contributed by atoms with Crippen molar-refractivity contribution >= 4 is 5.97 Å². The van der Waals surface area contributed by atoms with E-state index in [9.17, 15) is 4.79 Å². The first-order valence-electron chi connectivity index (χ1n) is 7.42. The SMILES string of the molecule is CCCC#CC[C@@]12CCCCCC[C@@H]1COC2=O. The number of carbonyl (C=O) groups is 1. The fraction of sp³-hybridized carbons (Fsp3) is 0.812. The highest BCUT2D eigenvalue weighted by Gasteiger charge is 2.51. The molecule has 1 heterocycles. The Morgan fingerprint density at radius 2 is 2.11 bits per heavy atom. The average molecular weight is 248 g/mol. The summed E-state index contributed by atoms with van der Waals surface area (Å²) < 4.78 is 5.36. The van der Waals surface area contributed by atoms with Crippen LogP contribution in [0.5, 0.6) is 0 Å². The number of hydrogen-bond donors (Lipinski definition) is 0. The van der Waals surface area contributed by atoms with E-state index in [-0.39, 0.29) is 11.4 Å². The summed E-state index contributed by atoms with van der Waals surface area (Å²) in [5, 5.41) is 0. The topological polar surface area (TPSA) is 26.3 Å². The molecule has 2 heteroatoms. The summed E-state index contributed by atoms with van der Waals surface area (Å²) in [6.45, 7) is 2.77. The molecule has 1 aliphatic carbocycles. The number of fused-ring (bicyclic) bond motifs is 1. The molecular weight excluding hydrogens is 224 g/mol. The lowest BCUT2D eigenvalue weighted by molar-refractivity contribution is -0.147. The second-order valence-electron chi connectivity index (χ2n) is 5.68. The number of cyclic esters (lactones) is 1. The van der Waals surface area contributed by atoms with E-state index in [1.807, 2.05) is 0 Å². The van der Waals surface area contributed by atoms with Crippen LogP contribution in [0.15, 0.2) is 0 Å². The molecule has 1 aliphatic heterocycles. The largest absolute Gasteiger partial charge is 0.465 e. The number of unbranched alkanes of at least 4 members (excludes halogenated alkanes) is 1. The Kier molecular flexibility index (Phi) is 4.69. The number of hydrogen-bond acceptors (Lipinski definition) is 2. The van der Waals surface area contributed by atoms with E-state index in [1.54, 1.807) is 0 Å². The maximum absolute atomic E-state index is 12.2. The Hall–Kier alpha value is -0.970. The summed E-state index contributed by atoms with van der Waals surface area (Å²) in [5.74, 6) is 6.88. The first-order chi connectivity index (χ1) is 8.79. The van der Waals surface area contributed by atoms with Crippen LogP contribution in [-0.4, -0.2) is 12.6 Å². The molecule has 0 spiro atoms. The predicted molar refractivity (Wildman–Crippen MR) is 71.9 cm³/mol. The molecule has 0 amide bonds. The van der Waals surface area contributed by atoms with Crippen molar-refractivity contribution < 1.29 is 9.53 Å². The summed E-state index contributed by atoms with van der Waals surface area (Å²) in [6, 6.07) is 0. The van der Waals surface area contributed by atoms with Crippen LogP contribution in [0.3, 0.4) is 0 Å². The van der Waals surface area contributed by atoms with E-state index in [1.165, 1.54) is 19.3 Å². The van der Waals surface area contributed by atoms with E-state index < -0.39 is 0 Å². The molecule has 0 N–H and O–H groups in total. The summed E-state index contributed by atoms with van der Waals surface area (Å²) in [5.41, 5.74) is -0.263. The lowest BCUT2D eigenvalue weighted by atomic mass is 9.68. The quantitative estimate of drug-likeness (QED) is 0.550. The Bertz CT molecular complexity index is 350. The van der Waals surface area contributed by atoms with Crippen LogP contribution >= 0.6 is 0 Å². The molecule has 2 atom stereocenters. The third-order valence-corrected chi connectivity index (χ3v) is 4.43. The molecule has 2 aliphatic rings. The van der Waals surface area contributed by atoms with Crippen LogP contribution < -0.4 is 0 Å². The first-order valence-corrected chi connectivity index (χ1v) is 7.42. The van der Waals surface area contributed by atoms with Crippen molar-refractivity contribution in [3.63, 3.8) is 0 Å². The van der Waals surface area contributed by atoms with Crippen molar-refractivity contribution in [3.05, 3.63) is 0 Å². The van der Waals surface area contributed by atoms with Crippen molar-refractivity contribution in [2.45, 2.75) is 64.7 Å². The van der Waals surface area contributed by atoms with Gasteiger partial charge in [0, 0.05) is 18.8 Å². The minimum Gasteiger partial charge on any atom is -0.465 e. The van der Waals surface area contributed by atoms with Crippen LogP contribution in [0.2, 0.25) is 0 Å². The van der Waals surface area contributed by atoms with Gasteiger partial charge in [-0.05, 0) is 19.3 Å². The van der Waals surface area contributed by atoms with E-state index in [2.05, 4.69) is 18.8 Å². The maximum atomic E-state index is 12.2. The smallest absolute Gasteiger partial charge is 0.313 e. The molecule has 2 rings (SSSR count). The third kappa shape index (κ3) is 2.71. The second-order valence-corrected chi connectivity index (χ2v) is 5.68. The van der Waals surface area contributed by atoms with Gasteiger partial charge in [-0.1, -0.05) is 32.6 Å². The molecule has 0 aromatic heterocycles. The third-order valence-electron chi connectivity index (χ3n) is 4.43. The van der Waals surface area contributed by atoms with Crippen LogP contribution in [0.25, 0.3) is 0 Å². The van der Waals surface area contributed by atoms with Crippen molar-refractivity contribution in [3.8, 4) is 11.8 Å². The normalized spacial score (nSPS) is 31.6. The minimum absolute atomic E-state index is 0.0280. The molecule has 0 aromatic carbocycles. The molecule has 2 nitrogen and oxygen atoms in total. The Balaban J connectivity index is 2.10.